The first-order valence-electron chi connectivity index (χ1n) is 8.83. The molecule has 2 N–H and O–H groups in total. The minimum Gasteiger partial charge on any atom is -0.506 e. The molecule has 1 saturated heterocycles. The number of carbonyl (C=O) groups excluding carboxylic acids is 1. The van der Waals surface area contributed by atoms with Crippen molar-refractivity contribution in [2.75, 3.05) is 18.4 Å². The van der Waals surface area contributed by atoms with E-state index in [2.05, 4.69) is 5.32 Å². The SMILES string of the molecule is CC(Oc1cccc(Cl)c1)C(=O)Nc1cc(S(=O)(=O)N2CCCC2)ccc1O. The van der Waals surface area contributed by atoms with Gasteiger partial charge in [0.05, 0.1) is 10.6 Å². The number of rotatable bonds is 6. The molecule has 1 unspecified atom stereocenters. The Bertz CT molecular complexity index is 974. The van der Waals surface area contributed by atoms with Crippen LogP contribution in [0.25, 0.3) is 0 Å². The summed E-state index contributed by atoms with van der Waals surface area (Å²) in [7, 11) is -3.66. The van der Waals surface area contributed by atoms with Crippen LogP contribution in [0.3, 0.4) is 0 Å². The molecule has 1 atom stereocenters. The van der Waals surface area contributed by atoms with Crippen molar-refractivity contribution in [2.24, 2.45) is 0 Å². The molecular formula is C19H21ClN2O5S. The number of nitrogens with one attached hydrogen (secondary N) is 1. The molecule has 28 heavy (non-hydrogen) atoms. The van der Waals surface area contributed by atoms with Crippen molar-refractivity contribution in [3.05, 3.63) is 47.5 Å². The molecular weight excluding hydrogens is 404 g/mol. The molecule has 0 spiro atoms. The first kappa shape index (κ1) is 20.4. The van der Waals surface area contributed by atoms with Crippen molar-refractivity contribution < 1.29 is 23.1 Å². The van der Waals surface area contributed by atoms with Crippen molar-refractivity contribution in [2.45, 2.75) is 30.8 Å². The Balaban J connectivity index is 1.75. The highest BCUT2D eigenvalue weighted by molar-refractivity contribution is 7.89. The summed E-state index contributed by atoms with van der Waals surface area (Å²) in [6.45, 7) is 2.48. The Morgan fingerprint density at radius 3 is 2.61 bits per heavy atom. The van der Waals surface area contributed by atoms with Crippen LogP contribution >= 0.6 is 11.6 Å². The third-order valence-corrected chi connectivity index (χ3v) is 6.54. The number of phenolic OH excluding ortho intramolecular Hbond substituents is 1. The monoisotopic (exact) mass is 424 g/mol. The maximum atomic E-state index is 12.7. The summed E-state index contributed by atoms with van der Waals surface area (Å²) in [6.07, 6.45) is 0.745. The lowest BCUT2D eigenvalue weighted by molar-refractivity contribution is -0.122. The lowest BCUT2D eigenvalue weighted by Crippen LogP contribution is -2.30. The van der Waals surface area contributed by atoms with E-state index in [4.69, 9.17) is 16.3 Å². The number of hydrogen-bond acceptors (Lipinski definition) is 5. The van der Waals surface area contributed by atoms with E-state index in [-0.39, 0.29) is 16.3 Å². The van der Waals surface area contributed by atoms with Crippen molar-refractivity contribution in [3.8, 4) is 11.5 Å². The van der Waals surface area contributed by atoms with Gasteiger partial charge in [0.1, 0.15) is 11.5 Å². The number of anilines is 1. The quantitative estimate of drug-likeness (QED) is 0.694. The number of halogens is 1. The molecule has 2 aromatic rings. The fourth-order valence-corrected chi connectivity index (χ4v) is 4.61. The van der Waals surface area contributed by atoms with Crippen molar-refractivity contribution in [1.29, 1.82) is 0 Å². The largest absolute Gasteiger partial charge is 0.506 e. The Kier molecular flexibility index (Phi) is 6.12. The molecule has 3 rings (SSSR count). The van der Waals surface area contributed by atoms with Crippen LogP contribution in [-0.4, -0.2) is 42.9 Å². The Labute approximate surface area is 168 Å². The zero-order valence-corrected chi connectivity index (χ0v) is 16.8. The maximum absolute atomic E-state index is 12.7. The summed E-state index contributed by atoms with van der Waals surface area (Å²) in [5, 5.41) is 13.0. The maximum Gasteiger partial charge on any atom is 0.265 e. The van der Waals surface area contributed by atoms with Crippen LogP contribution in [-0.2, 0) is 14.8 Å². The first-order valence-corrected chi connectivity index (χ1v) is 10.7. The molecule has 0 aromatic heterocycles. The summed E-state index contributed by atoms with van der Waals surface area (Å²) in [5.41, 5.74) is 0.00631. The highest BCUT2D eigenvalue weighted by atomic mass is 35.5. The first-order chi connectivity index (χ1) is 13.3. The van der Waals surface area contributed by atoms with E-state index >= 15 is 0 Å². The van der Waals surface area contributed by atoms with Crippen LogP contribution < -0.4 is 10.1 Å². The molecule has 150 valence electrons. The fourth-order valence-electron chi connectivity index (χ4n) is 2.89. The van der Waals surface area contributed by atoms with Gasteiger partial charge >= 0.3 is 0 Å². The molecule has 0 saturated carbocycles. The topological polar surface area (TPSA) is 95.9 Å². The molecule has 2 aromatic carbocycles. The van der Waals surface area contributed by atoms with E-state index in [0.29, 0.717) is 23.9 Å². The molecule has 1 heterocycles. The molecule has 9 heteroatoms. The normalized spacial score (nSPS) is 15.9. The van der Waals surface area contributed by atoms with E-state index < -0.39 is 22.0 Å². The van der Waals surface area contributed by atoms with E-state index in [1.54, 1.807) is 24.3 Å². The molecule has 0 aliphatic carbocycles. The average molecular weight is 425 g/mol. The summed E-state index contributed by atoms with van der Waals surface area (Å²) in [4.78, 5) is 12.5. The van der Waals surface area contributed by atoms with Crippen LogP contribution in [0.1, 0.15) is 19.8 Å². The van der Waals surface area contributed by atoms with Crippen LogP contribution in [0.4, 0.5) is 5.69 Å². The lowest BCUT2D eigenvalue weighted by atomic mass is 10.2. The third kappa shape index (κ3) is 4.57. The Hall–Kier alpha value is -2.29. The number of aromatic hydroxyl groups is 1. The number of amides is 1. The van der Waals surface area contributed by atoms with Crippen LogP contribution in [0.5, 0.6) is 11.5 Å². The van der Waals surface area contributed by atoms with Gasteiger partial charge in [-0.1, -0.05) is 17.7 Å². The lowest BCUT2D eigenvalue weighted by Gasteiger charge is -2.18. The number of hydrogen-bond donors (Lipinski definition) is 2. The predicted octanol–water partition coefficient (Wildman–Crippen LogP) is 3.24. The smallest absolute Gasteiger partial charge is 0.265 e. The number of nitrogens with zero attached hydrogens (tertiary/aromatic N) is 1. The Morgan fingerprint density at radius 2 is 1.93 bits per heavy atom. The van der Waals surface area contributed by atoms with Gasteiger partial charge in [-0.2, -0.15) is 4.31 Å². The van der Waals surface area contributed by atoms with Gasteiger partial charge in [-0.25, -0.2) is 8.42 Å². The third-order valence-electron chi connectivity index (χ3n) is 4.41. The fraction of sp³-hybridized carbons (Fsp3) is 0.316. The van der Waals surface area contributed by atoms with Gasteiger partial charge in [-0.15, -0.1) is 0 Å². The minimum absolute atomic E-state index is 0.00631. The van der Waals surface area contributed by atoms with E-state index in [0.717, 1.165) is 12.8 Å². The molecule has 7 nitrogen and oxygen atoms in total. The molecule has 1 fully saturated rings. The van der Waals surface area contributed by atoms with Gasteiger partial charge < -0.3 is 15.2 Å². The summed E-state index contributed by atoms with van der Waals surface area (Å²) >= 11 is 5.90. The second-order valence-corrected chi connectivity index (χ2v) is 8.87. The van der Waals surface area contributed by atoms with Crippen LogP contribution in [0, 0.1) is 0 Å². The number of benzene rings is 2. The summed E-state index contributed by atoms with van der Waals surface area (Å²) in [6, 6.07) is 10.4. The van der Waals surface area contributed by atoms with Crippen molar-refractivity contribution in [3.63, 3.8) is 0 Å². The average Bonchev–Trinajstić information content (AvgIpc) is 3.19. The zero-order valence-electron chi connectivity index (χ0n) is 15.3. The molecule has 0 radical (unpaired) electrons. The number of carbonyl (C=O) groups is 1. The number of phenols is 1. The van der Waals surface area contributed by atoms with Gasteiger partial charge in [-0.05, 0) is 56.2 Å². The molecule has 1 aliphatic heterocycles. The second kappa shape index (κ2) is 8.38. The second-order valence-electron chi connectivity index (χ2n) is 6.50. The van der Waals surface area contributed by atoms with Gasteiger partial charge in [0, 0.05) is 18.1 Å². The molecule has 1 amide bonds. The van der Waals surface area contributed by atoms with Gasteiger partial charge in [0.15, 0.2) is 6.10 Å². The van der Waals surface area contributed by atoms with E-state index in [1.165, 1.54) is 29.4 Å². The summed E-state index contributed by atoms with van der Waals surface area (Å²) < 4.78 is 32.3. The standard InChI is InChI=1S/C19H21ClN2O5S/c1-13(27-15-6-4-5-14(20)11-15)19(24)21-17-12-16(7-8-18(17)23)28(25,26)22-9-2-3-10-22/h4-8,11-13,23H,2-3,9-10H2,1H3,(H,21,24). The number of sulfonamides is 1. The molecule has 1 aliphatic rings. The van der Waals surface area contributed by atoms with Gasteiger partial charge in [0.2, 0.25) is 10.0 Å². The highest BCUT2D eigenvalue weighted by Gasteiger charge is 2.28. The van der Waals surface area contributed by atoms with Gasteiger partial charge in [-0.3, -0.25) is 4.79 Å². The molecule has 0 bridgehead atoms. The number of ether oxygens (including phenoxy) is 1. The zero-order chi connectivity index (χ0) is 20.3. The summed E-state index contributed by atoms with van der Waals surface area (Å²) in [5.74, 6) is -0.348. The van der Waals surface area contributed by atoms with Crippen LogP contribution in [0.2, 0.25) is 5.02 Å². The van der Waals surface area contributed by atoms with Gasteiger partial charge in [0.25, 0.3) is 5.91 Å². The predicted molar refractivity (Wildman–Crippen MR) is 106 cm³/mol. The van der Waals surface area contributed by atoms with Crippen molar-refractivity contribution >= 4 is 33.2 Å². The minimum atomic E-state index is -3.66. The Morgan fingerprint density at radius 1 is 1.21 bits per heavy atom. The van der Waals surface area contributed by atoms with E-state index in [9.17, 15) is 18.3 Å². The highest BCUT2D eigenvalue weighted by Crippen LogP contribution is 2.29. The van der Waals surface area contributed by atoms with Crippen LogP contribution in [0.15, 0.2) is 47.4 Å². The van der Waals surface area contributed by atoms with Crippen molar-refractivity contribution in [1.82, 2.24) is 4.31 Å². The van der Waals surface area contributed by atoms with E-state index in [1.807, 2.05) is 0 Å².